The zero-order valence-electron chi connectivity index (χ0n) is 17.7. The van der Waals surface area contributed by atoms with E-state index in [-0.39, 0.29) is 24.2 Å². The Hall–Kier alpha value is -2.99. The van der Waals surface area contributed by atoms with Crippen LogP contribution in [0, 0.1) is 17.7 Å². The number of benzene rings is 2. The van der Waals surface area contributed by atoms with Gasteiger partial charge in [0.25, 0.3) is 0 Å². The molecule has 1 N–H and O–H groups in total. The minimum Gasteiger partial charge on any atom is -0.481 e. The van der Waals surface area contributed by atoms with Gasteiger partial charge in [0, 0.05) is 36.2 Å². The molecule has 166 valence electrons. The van der Waals surface area contributed by atoms with Crippen molar-refractivity contribution in [3.05, 3.63) is 65.1 Å². The van der Waals surface area contributed by atoms with Crippen molar-refractivity contribution in [3.63, 3.8) is 0 Å². The van der Waals surface area contributed by atoms with Crippen molar-refractivity contribution in [3.8, 4) is 11.1 Å². The van der Waals surface area contributed by atoms with Gasteiger partial charge in [-0.25, -0.2) is 4.39 Å². The van der Waals surface area contributed by atoms with Gasteiger partial charge in [0.2, 0.25) is 5.91 Å². The van der Waals surface area contributed by atoms with Gasteiger partial charge in [-0.15, -0.1) is 0 Å². The Morgan fingerprint density at radius 1 is 1.22 bits per heavy atom. The Labute approximate surface area is 190 Å². The van der Waals surface area contributed by atoms with Crippen LogP contribution in [0.2, 0.25) is 5.02 Å². The molecule has 32 heavy (non-hydrogen) atoms. The van der Waals surface area contributed by atoms with Crippen molar-refractivity contribution in [1.29, 1.82) is 0 Å². The number of pyridine rings is 1. The van der Waals surface area contributed by atoms with E-state index in [9.17, 15) is 19.1 Å². The fraction of sp³-hybridized carbons (Fsp3) is 0.320. The zero-order chi connectivity index (χ0) is 22.8. The molecule has 1 aliphatic heterocycles. The monoisotopic (exact) mass is 454 g/mol. The largest absolute Gasteiger partial charge is 0.481 e. The number of carbonyl (C=O) groups is 2. The van der Waals surface area contributed by atoms with E-state index in [1.165, 1.54) is 12.1 Å². The van der Waals surface area contributed by atoms with Crippen molar-refractivity contribution in [2.24, 2.45) is 11.8 Å². The number of aliphatic carboxylic acids is 1. The van der Waals surface area contributed by atoms with Crippen molar-refractivity contribution < 1.29 is 19.1 Å². The van der Waals surface area contributed by atoms with E-state index in [2.05, 4.69) is 4.98 Å². The lowest BCUT2D eigenvalue weighted by molar-refractivity contribution is -0.146. The van der Waals surface area contributed by atoms with Crippen LogP contribution < -0.4 is 0 Å². The number of carboxylic acids is 1. The summed E-state index contributed by atoms with van der Waals surface area (Å²) in [7, 11) is 0. The summed E-state index contributed by atoms with van der Waals surface area (Å²) in [5.41, 5.74) is 3.34. The number of likely N-dealkylation sites (tertiary alicyclic amines) is 1. The summed E-state index contributed by atoms with van der Waals surface area (Å²) >= 11 is 6.26. The number of fused-ring (bicyclic) bond motifs is 1. The fourth-order valence-electron chi connectivity index (χ4n) is 4.39. The SMILES string of the molecule is C[C@H](Cc1ccc2c(-c3ccc(F)cc3Cl)ccnc2c1)C(=O)N1CCC[C@H](C(=O)O)C1. The van der Waals surface area contributed by atoms with Crippen LogP contribution in [-0.4, -0.2) is 40.0 Å². The summed E-state index contributed by atoms with van der Waals surface area (Å²) < 4.78 is 13.5. The number of rotatable bonds is 5. The van der Waals surface area contributed by atoms with Crippen LogP contribution in [0.5, 0.6) is 0 Å². The molecule has 0 radical (unpaired) electrons. The van der Waals surface area contributed by atoms with Crippen LogP contribution in [0.25, 0.3) is 22.0 Å². The van der Waals surface area contributed by atoms with Crippen LogP contribution >= 0.6 is 11.6 Å². The van der Waals surface area contributed by atoms with Crippen LogP contribution in [0.1, 0.15) is 25.3 Å². The predicted octanol–water partition coefficient (Wildman–Crippen LogP) is 5.20. The predicted molar refractivity (Wildman–Crippen MR) is 122 cm³/mol. The molecule has 1 saturated heterocycles. The Morgan fingerprint density at radius 3 is 2.78 bits per heavy atom. The molecule has 0 bridgehead atoms. The number of aromatic nitrogens is 1. The third-order valence-corrected chi connectivity index (χ3v) is 6.39. The third kappa shape index (κ3) is 4.60. The minimum absolute atomic E-state index is 0.0177. The maximum absolute atomic E-state index is 13.5. The van der Waals surface area contributed by atoms with Crippen molar-refractivity contribution in [2.75, 3.05) is 13.1 Å². The summed E-state index contributed by atoms with van der Waals surface area (Å²) in [5.74, 6) is -2.00. The van der Waals surface area contributed by atoms with Gasteiger partial charge in [-0.3, -0.25) is 14.6 Å². The summed E-state index contributed by atoms with van der Waals surface area (Å²) in [6, 6.07) is 12.0. The first-order chi connectivity index (χ1) is 15.3. The quantitative estimate of drug-likeness (QED) is 0.575. The molecule has 1 amide bonds. The van der Waals surface area contributed by atoms with E-state index < -0.39 is 11.9 Å². The topological polar surface area (TPSA) is 70.5 Å². The Bertz CT molecular complexity index is 1180. The molecule has 4 rings (SSSR count). The fourth-order valence-corrected chi connectivity index (χ4v) is 4.66. The number of carbonyl (C=O) groups excluding carboxylic acids is 1. The van der Waals surface area contributed by atoms with E-state index in [1.54, 1.807) is 17.2 Å². The highest BCUT2D eigenvalue weighted by molar-refractivity contribution is 6.33. The number of hydrogen-bond acceptors (Lipinski definition) is 3. The first-order valence-electron chi connectivity index (χ1n) is 10.7. The van der Waals surface area contributed by atoms with Gasteiger partial charge < -0.3 is 10.0 Å². The summed E-state index contributed by atoms with van der Waals surface area (Å²) in [6.07, 6.45) is 3.55. The standard InChI is InChI=1S/C25H24ClFN2O3/c1-15(24(30)29-10-2-3-17(14-29)25(31)32)11-16-4-6-21-19(8-9-28-23(21)12-16)20-7-5-18(27)13-22(20)26/h4-9,12-13,15,17H,2-3,10-11,14H2,1H3,(H,31,32)/t15-,17+/m1/s1. The van der Waals surface area contributed by atoms with Gasteiger partial charge in [0.1, 0.15) is 5.82 Å². The van der Waals surface area contributed by atoms with E-state index in [4.69, 9.17) is 11.6 Å². The maximum atomic E-state index is 13.5. The van der Waals surface area contributed by atoms with Gasteiger partial charge in [0.05, 0.1) is 16.5 Å². The van der Waals surface area contributed by atoms with Gasteiger partial charge in [-0.05, 0) is 60.7 Å². The maximum Gasteiger partial charge on any atom is 0.308 e. The first-order valence-corrected chi connectivity index (χ1v) is 11.1. The molecule has 2 aromatic carbocycles. The smallest absolute Gasteiger partial charge is 0.308 e. The average molecular weight is 455 g/mol. The Balaban J connectivity index is 1.54. The van der Waals surface area contributed by atoms with Crippen molar-refractivity contribution >= 4 is 34.4 Å². The average Bonchev–Trinajstić information content (AvgIpc) is 2.78. The van der Waals surface area contributed by atoms with Crippen molar-refractivity contribution in [2.45, 2.75) is 26.2 Å². The normalized spacial score (nSPS) is 17.3. The molecular weight excluding hydrogens is 431 g/mol. The van der Waals surface area contributed by atoms with Crippen LogP contribution in [0.4, 0.5) is 4.39 Å². The highest BCUT2D eigenvalue weighted by atomic mass is 35.5. The van der Waals surface area contributed by atoms with Gasteiger partial charge in [-0.1, -0.05) is 30.7 Å². The van der Waals surface area contributed by atoms with Crippen LogP contribution in [0.15, 0.2) is 48.7 Å². The molecule has 7 heteroatoms. The molecule has 0 aliphatic carbocycles. The molecule has 1 aromatic heterocycles. The number of amides is 1. The van der Waals surface area contributed by atoms with E-state index in [0.717, 1.165) is 27.6 Å². The van der Waals surface area contributed by atoms with E-state index in [0.29, 0.717) is 30.8 Å². The third-order valence-electron chi connectivity index (χ3n) is 6.07. The van der Waals surface area contributed by atoms with Gasteiger partial charge in [-0.2, -0.15) is 0 Å². The first kappa shape index (κ1) is 22.2. The van der Waals surface area contributed by atoms with Gasteiger partial charge in [0.15, 0.2) is 0 Å². The second kappa shape index (κ2) is 9.25. The number of piperidine rings is 1. The summed E-state index contributed by atoms with van der Waals surface area (Å²) in [4.78, 5) is 30.4. The minimum atomic E-state index is -0.840. The molecular formula is C25H24ClFN2O3. The lowest BCUT2D eigenvalue weighted by Gasteiger charge is -2.32. The number of carboxylic acid groups (broad SMARTS) is 1. The van der Waals surface area contributed by atoms with Crippen LogP contribution in [-0.2, 0) is 16.0 Å². The Morgan fingerprint density at radius 2 is 2.03 bits per heavy atom. The molecule has 1 fully saturated rings. The molecule has 1 aliphatic rings. The molecule has 0 unspecified atom stereocenters. The van der Waals surface area contributed by atoms with Crippen molar-refractivity contribution in [1.82, 2.24) is 9.88 Å². The summed E-state index contributed by atoms with van der Waals surface area (Å²) in [5, 5.41) is 10.5. The lowest BCUT2D eigenvalue weighted by Crippen LogP contribution is -2.44. The highest BCUT2D eigenvalue weighted by Crippen LogP contribution is 2.33. The zero-order valence-corrected chi connectivity index (χ0v) is 18.5. The molecule has 5 nitrogen and oxygen atoms in total. The number of nitrogens with zero attached hydrogens (tertiary/aromatic N) is 2. The lowest BCUT2D eigenvalue weighted by atomic mass is 9.94. The van der Waals surface area contributed by atoms with Crippen LogP contribution in [0.3, 0.4) is 0 Å². The molecule has 2 heterocycles. The molecule has 3 aromatic rings. The highest BCUT2D eigenvalue weighted by Gasteiger charge is 2.30. The molecule has 0 saturated carbocycles. The Kier molecular flexibility index (Phi) is 6.42. The molecule has 0 spiro atoms. The van der Waals surface area contributed by atoms with E-state index >= 15 is 0 Å². The second-order valence-corrected chi connectivity index (χ2v) is 8.81. The van der Waals surface area contributed by atoms with Gasteiger partial charge >= 0.3 is 5.97 Å². The molecule has 2 atom stereocenters. The summed E-state index contributed by atoms with van der Waals surface area (Å²) in [6.45, 7) is 2.76. The second-order valence-electron chi connectivity index (χ2n) is 8.40. The number of hydrogen-bond donors (Lipinski definition) is 1. The number of halogens is 2. The van der Waals surface area contributed by atoms with E-state index in [1.807, 2.05) is 31.2 Å².